The maximum atomic E-state index is 4.04. The van der Waals surface area contributed by atoms with Gasteiger partial charge in [-0.15, -0.1) is 5.10 Å². The molecule has 0 unspecified atom stereocenters. The van der Waals surface area contributed by atoms with Gasteiger partial charge in [0.1, 0.15) is 5.82 Å². The summed E-state index contributed by atoms with van der Waals surface area (Å²) in [4.78, 5) is 2.39. The van der Waals surface area contributed by atoms with Crippen LogP contribution in [0.3, 0.4) is 0 Å². The molecule has 1 saturated heterocycles. The number of nitrogens with one attached hydrogen (secondary N) is 1. The Balaban J connectivity index is 1.85. The fraction of sp³-hybridized carbons (Fsp3) is 0.667. The van der Waals surface area contributed by atoms with Crippen LogP contribution in [0, 0.1) is 5.41 Å². The number of likely N-dealkylation sites (tertiary alicyclic amines) is 1. The Kier molecular flexibility index (Phi) is 3.39. The summed E-state index contributed by atoms with van der Waals surface area (Å²) in [5.41, 5.74) is 0.393. The van der Waals surface area contributed by atoms with Gasteiger partial charge < -0.3 is 10.2 Å². The van der Waals surface area contributed by atoms with E-state index in [1.165, 1.54) is 25.9 Å². The van der Waals surface area contributed by atoms with Gasteiger partial charge in [0.05, 0.1) is 0 Å². The third-order valence-electron chi connectivity index (χ3n) is 3.46. The molecular formula is C12H20N4. The first kappa shape index (κ1) is 11.3. The van der Waals surface area contributed by atoms with Crippen LogP contribution in [-0.4, -0.2) is 41.8 Å². The molecule has 0 aliphatic carbocycles. The van der Waals surface area contributed by atoms with E-state index in [-0.39, 0.29) is 0 Å². The molecule has 1 aromatic rings. The smallest absolute Gasteiger partial charge is 0.148 e. The second kappa shape index (κ2) is 4.78. The van der Waals surface area contributed by atoms with Crippen molar-refractivity contribution in [2.45, 2.75) is 19.8 Å². The quantitative estimate of drug-likeness (QED) is 0.840. The van der Waals surface area contributed by atoms with Gasteiger partial charge in [-0.2, -0.15) is 5.10 Å². The van der Waals surface area contributed by atoms with E-state index in [4.69, 9.17) is 0 Å². The van der Waals surface area contributed by atoms with E-state index in [2.05, 4.69) is 34.4 Å². The van der Waals surface area contributed by atoms with Crippen molar-refractivity contribution in [2.24, 2.45) is 5.41 Å². The summed E-state index contributed by atoms with van der Waals surface area (Å²) in [5, 5.41) is 11.3. The van der Waals surface area contributed by atoms with Gasteiger partial charge in [0.15, 0.2) is 0 Å². The van der Waals surface area contributed by atoms with Crippen LogP contribution in [0.5, 0.6) is 0 Å². The molecule has 2 heterocycles. The topological polar surface area (TPSA) is 41.0 Å². The molecule has 88 valence electrons. The molecule has 16 heavy (non-hydrogen) atoms. The Morgan fingerprint density at radius 1 is 1.44 bits per heavy atom. The highest BCUT2D eigenvalue weighted by Gasteiger charge is 2.28. The summed E-state index contributed by atoms with van der Waals surface area (Å²) < 4.78 is 0. The normalized spacial score (nSPS) is 20.6. The lowest BCUT2D eigenvalue weighted by atomic mass is 9.80. The molecule has 4 heteroatoms. The SMILES string of the molecule is CN1CCC(C)(CNc2cccnn2)CC1. The molecule has 1 N–H and O–H groups in total. The zero-order chi connectivity index (χ0) is 11.4. The van der Waals surface area contributed by atoms with Gasteiger partial charge in [0.25, 0.3) is 0 Å². The van der Waals surface area contributed by atoms with Crippen molar-refractivity contribution in [3.05, 3.63) is 18.3 Å². The summed E-state index contributed by atoms with van der Waals surface area (Å²) in [6.45, 7) is 5.72. The minimum absolute atomic E-state index is 0.393. The van der Waals surface area contributed by atoms with Gasteiger partial charge in [-0.05, 0) is 50.5 Å². The monoisotopic (exact) mass is 220 g/mol. The maximum absolute atomic E-state index is 4.04. The van der Waals surface area contributed by atoms with Crippen molar-refractivity contribution in [1.82, 2.24) is 15.1 Å². The minimum atomic E-state index is 0.393. The van der Waals surface area contributed by atoms with E-state index in [9.17, 15) is 0 Å². The van der Waals surface area contributed by atoms with Crippen molar-refractivity contribution in [2.75, 3.05) is 32.0 Å². The lowest BCUT2D eigenvalue weighted by Crippen LogP contribution is -2.40. The minimum Gasteiger partial charge on any atom is -0.368 e. The lowest BCUT2D eigenvalue weighted by molar-refractivity contribution is 0.150. The average molecular weight is 220 g/mol. The van der Waals surface area contributed by atoms with Crippen LogP contribution in [0.25, 0.3) is 0 Å². The van der Waals surface area contributed by atoms with Crippen LogP contribution in [-0.2, 0) is 0 Å². The summed E-state index contributed by atoms with van der Waals surface area (Å²) in [7, 11) is 2.19. The molecule has 1 aromatic heterocycles. The van der Waals surface area contributed by atoms with Gasteiger partial charge in [0.2, 0.25) is 0 Å². The molecule has 0 spiro atoms. The van der Waals surface area contributed by atoms with Crippen LogP contribution >= 0.6 is 0 Å². The third-order valence-corrected chi connectivity index (χ3v) is 3.46. The van der Waals surface area contributed by atoms with E-state index in [0.29, 0.717) is 5.41 Å². The Hall–Kier alpha value is -1.16. The Bertz CT molecular complexity index is 317. The molecule has 4 nitrogen and oxygen atoms in total. The highest BCUT2D eigenvalue weighted by molar-refractivity contribution is 5.31. The molecular weight excluding hydrogens is 200 g/mol. The summed E-state index contributed by atoms with van der Waals surface area (Å²) in [5.74, 6) is 0.877. The number of anilines is 1. The molecule has 0 saturated carbocycles. The zero-order valence-electron chi connectivity index (χ0n) is 10.1. The molecule has 1 aliphatic heterocycles. The summed E-state index contributed by atoms with van der Waals surface area (Å²) in [6.07, 6.45) is 4.19. The summed E-state index contributed by atoms with van der Waals surface area (Å²) in [6, 6.07) is 3.87. The summed E-state index contributed by atoms with van der Waals surface area (Å²) >= 11 is 0. The second-order valence-electron chi connectivity index (χ2n) is 5.08. The fourth-order valence-electron chi connectivity index (χ4n) is 2.03. The van der Waals surface area contributed by atoms with Crippen molar-refractivity contribution in [3.8, 4) is 0 Å². The van der Waals surface area contributed by atoms with Crippen molar-refractivity contribution >= 4 is 5.82 Å². The Morgan fingerprint density at radius 2 is 2.19 bits per heavy atom. The first-order valence-corrected chi connectivity index (χ1v) is 5.88. The van der Waals surface area contributed by atoms with Gasteiger partial charge in [-0.1, -0.05) is 6.92 Å². The van der Waals surface area contributed by atoms with E-state index in [1.54, 1.807) is 6.20 Å². The molecule has 0 radical (unpaired) electrons. The van der Waals surface area contributed by atoms with Crippen LogP contribution in [0.1, 0.15) is 19.8 Å². The first-order chi connectivity index (χ1) is 7.68. The van der Waals surface area contributed by atoms with E-state index < -0.39 is 0 Å². The number of nitrogens with zero attached hydrogens (tertiary/aromatic N) is 3. The molecule has 1 aliphatic rings. The molecule has 0 aromatic carbocycles. The Labute approximate surface area is 97.1 Å². The van der Waals surface area contributed by atoms with Gasteiger partial charge in [-0.25, -0.2) is 0 Å². The van der Waals surface area contributed by atoms with Crippen LogP contribution in [0.2, 0.25) is 0 Å². The first-order valence-electron chi connectivity index (χ1n) is 5.88. The van der Waals surface area contributed by atoms with Gasteiger partial charge in [0, 0.05) is 12.7 Å². The predicted octanol–water partition coefficient (Wildman–Crippen LogP) is 1.62. The van der Waals surface area contributed by atoms with E-state index >= 15 is 0 Å². The highest BCUT2D eigenvalue weighted by atomic mass is 15.2. The Morgan fingerprint density at radius 3 is 2.81 bits per heavy atom. The number of aromatic nitrogens is 2. The molecule has 0 amide bonds. The fourth-order valence-corrected chi connectivity index (χ4v) is 2.03. The number of rotatable bonds is 3. The maximum Gasteiger partial charge on any atom is 0.148 e. The van der Waals surface area contributed by atoms with Crippen LogP contribution in [0.4, 0.5) is 5.82 Å². The molecule has 0 bridgehead atoms. The van der Waals surface area contributed by atoms with E-state index in [0.717, 1.165) is 12.4 Å². The largest absolute Gasteiger partial charge is 0.368 e. The van der Waals surface area contributed by atoms with Crippen molar-refractivity contribution in [3.63, 3.8) is 0 Å². The number of hydrogen-bond acceptors (Lipinski definition) is 4. The molecule has 0 atom stereocenters. The second-order valence-corrected chi connectivity index (χ2v) is 5.08. The zero-order valence-corrected chi connectivity index (χ0v) is 10.1. The third kappa shape index (κ3) is 2.92. The van der Waals surface area contributed by atoms with E-state index in [1.807, 2.05) is 12.1 Å². The van der Waals surface area contributed by atoms with Gasteiger partial charge in [-0.3, -0.25) is 0 Å². The standard InChI is InChI=1S/C12H20N4/c1-12(5-8-16(2)9-6-12)10-13-11-4-3-7-14-15-11/h3-4,7H,5-6,8-10H2,1-2H3,(H,13,15). The average Bonchev–Trinajstić information content (AvgIpc) is 2.33. The lowest BCUT2D eigenvalue weighted by Gasteiger charge is -2.38. The number of hydrogen-bond donors (Lipinski definition) is 1. The molecule has 1 fully saturated rings. The number of piperidine rings is 1. The molecule has 2 rings (SSSR count). The van der Waals surface area contributed by atoms with Crippen LogP contribution in [0.15, 0.2) is 18.3 Å². The van der Waals surface area contributed by atoms with Crippen molar-refractivity contribution in [1.29, 1.82) is 0 Å². The predicted molar refractivity (Wildman–Crippen MR) is 65.4 cm³/mol. The van der Waals surface area contributed by atoms with Crippen LogP contribution < -0.4 is 5.32 Å². The van der Waals surface area contributed by atoms with Crippen molar-refractivity contribution < 1.29 is 0 Å². The van der Waals surface area contributed by atoms with Gasteiger partial charge >= 0.3 is 0 Å². The highest BCUT2D eigenvalue weighted by Crippen LogP contribution is 2.30.